The van der Waals surface area contributed by atoms with Gasteiger partial charge in [0, 0.05) is 28.7 Å². The number of ether oxygens (including phenoxy) is 4. The lowest BCUT2D eigenvalue weighted by molar-refractivity contribution is -0.139. The van der Waals surface area contributed by atoms with Gasteiger partial charge in [-0.05, 0) is 101 Å². The molecule has 10 nitrogen and oxygen atoms in total. The Morgan fingerprint density at radius 2 is 1.51 bits per heavy atom. The van der Waals surface area contributed by atoms with Gasteiger partial charge in [-0.3, -0.25) is 10.1 Å². The number of methoxy groups -OCH3 is 1. The third kappa shape index (κ3) is 11.4. The SMILES string of the molecule is CC.COC(=O)Cc1cc(NC(=O)OC(C)(C)C)ccc1OCc1cc(-c2cccc(CNC(=O)OC(C)(C)C)c2)c2occc2c1. The van der Waals surface area contributed by atoms with Crippen LogP contribution in [0.3, 0.4) is 0 Å². The number of hydrogen-bond acceptors (Lipinski definition) is 8. The lowest BCUT2D eigenvalue weighted by Crippen LogP contribution is -2.32. The standard InChI is InChI=1S/C35H40N2O8.C2H6/c1-34(2,3)44-32(39)36-20-22-9-8-10-24(15-22)28-17-23(16-25-13-14-42-31(25)28)21-43-29-12-11-27(18-26(29)19-30(38)41-7)37-33(40)45-35(4,5)6;1-2/h8-18H,19-21H2,1-7H3,(H,36,39)(H,37,40);1-2H3. The molecule has 47 heavy (non-hydrogen) atoms. The molecule has 0 aliphatic carbocycles. The van der Waals surface area contributed by atoms with Gasteiger partial charge in [0.2, 0.25) is 0 Å². The van der Waals surface area contributed by atoms with Crippen molar-refractivity contribution in [2.45, 2.75) is 86.2 Å². The zero-order chi connectivity index (χ0) is 34.8. The fourth-order valence-corrected chi connectivity index (χ4v) is 4.53. The summed E-state index contributed by atoms with van der Waals surface area (Å²) in [5.74, 6) is 0.0246. The van der Waals surface area contributed by atoms with E-state index in [9.17, 15) is 14.4 Å². The summed E-state index contributed by atoms with van der Waals surface area (Å²) in [6, 6.07) is 18.7. The average Bonchev–Trinajstić information content (AvgIpc) is 3.47. The molecule has 2 N–H and O–H groups in total. The van der Waals surface area contributed by atoms with E-state index < -0.39 is 29.4 Å². The summed E-state index contributed by atoms with van der Waals surface area (Å²) in [5, 5.41) is 6.39. The number of fused-ring (bicyclic) bond motifs is 1. The second kappa shape index (κ2) is 16.0. The number of esters is 1. The maximum atomic E-state index is 12.3. The Morgan fingerprint density at radius 1 is 0.809 bits per heavy atom. The van der Waals surface area contributed by atoms with Crippen LogP contribution in [-0.4, -0.2) is 36.5 Å². The summed E-state index contributed by atoms with van der Waals surface area (Å²) in [4.78, 5) is 36.6. The van der Waals surface area contributed by atoms with Gasteiger partial charge in [0.05, 0.1) is 19.8 Å². The van der Waals surface area contributed by atoms with Crippen molar-refractivity contribution in [1.82, 2.24) is 5.32 Å². The van der Waals surface area contributed by atoms with Gasteiger partial charge in [0.25, 0.3) is 0 Å². The van der Waals surface area contributed by atoms with Crippen molar-refractivity contribution in [1.29, 1.82) is 0 Å². The zero-order valence-electron chi connectivity index (χ0n) is 28.7. The zero-order valence-corrected chi connectivity index (χ0v) is 28.7. The Hall–Kier alpha value is -4.99. The van der Waals surface area contributed by atoms with Crippen LogP contribution in [0.4, 0.5) is 15.3 Å². The molecule has 252 valence electrons. The number of anilines is 1. The molecule has 0 saturated carbocycles. The van der Waals surface area contributed by atoms with Crippen molar-refractivity contribution in [2.75, 3.05) is 12.4 Å². The molecule has 3 aromatic carbocycles. The number of carbonyl (C=O) groups is 3. The van der Waals surface area contributed by atoms with Crippen LogP contribution < -0.4 is 15.4 Å². The number of alkyl carbamates (subject to hydrolysis) is 1. The van der Waals surface area contributed by atoms with Crippen molar-refractivity contribution in [3.05, 3.63) is 83.6 Å². The lowest BCUT2D eigenvalue weighted by Gasteiger charge is -2.20. The van der Waals surface area contributed by atoms with Crippen molar-refractivity contribution in [2.24, 2.45) is 0 Å². The third-order valence-electron chi connectivity index (χ3n) is 6.35. The van der Waals surface area contributed by atoms with Crippen molar-refractivity contribution >= 4 is 34.8 Å². The molecule has 0 atom stereocenters. The highest BCUT2D eigenvalue weighted by atomic mass is 16.6. The number of nitrogens with one attached hydrogen (secondary N) is 2. The van der Waals surface area contributed by atoms with Crippen LogP contribution in [-0.2, 0) is 38.6 Å². The van der Waals surface area contributed by atoms with Gasteiger partial charge in [-0.25, -0.2) is 9.59 Å². The minimum atomic E-state index is -0.658. The van der Waals surface area contributed by atoms with E-state index in [2.05, 4.69) is 10.6 Å². The molecule has 10 heteroatoms. The van der Waals surface area contributed by atoms with E-state index in [1.807, 2.05) is 77.1 Å². The van der Waals surface area contributed by atoms with Crippen LogP contribution in [0.2, 0.25) is 0 Å². The molecule has 0 bridgehead atoms. The lowest BCUT2D eigenvalue weighted by atomic mass is 9.99. The van der Waals surface area contributed by atoms with Gasteiger partial charge >= 0.3 is 18.2 Å². The first kappa shape index (κ1) is 36.5. The summed E-state index contributed by atoms with van der Waals surface area (Å²) in [6.45, 7) is 15.3. The average molecular weight is 647 g/mol. The molecule has 0 fully saturated rings. The maximum Gasteiger partial charge on any atom is 0.412 e. The Labute approximate surface area is 276 Å². The van der Waals surface area contributed by atoms with Gasteiger partial charge < -0.3 is 28.7 Å². The van der Waals surface area contributed by atoms with E-state index in [0.717, 1.165) is 33.2 Å². The highest BCUT2D eigenvalue weighted by molar-refractivity contribution is 5.93. The minimum Gasteiger partial charge on any atom is -0.489 e. The largest absolute Gasteiger partial charge is 0.489 e. The van der Waals surface area contributed by atoms with Gasteiger partial charge in [-0.15, -0.1) is 0 Å². The smallest absolute Gasteiger partial charge is 0.412 e. The molecule has 0 saturated heterocycles. The Morgan fingerprint density at radius 3 is 2.19 bits per heavy atom. The monoisotopic (exact) mass is 646 g/mol. The third-order valence-corrected chi connectivity index (χ3v) is 6.35. The fraction of sp³-hybridized carbons (Fsp3) is 0.378. The topological polar surface area (TPSA) is 125 Å². The van der Waals surface area contributed by atoms with Crippen LogP contribution in [0.5, 0.6) is 5.75 Å². The number of furan rings is 1. The van der Waals surface area contributed by atoms with Crippen LogP contribution >= 0.6 is 0 Å². The Kier molecular flexibility index (Phi) is 12.4. The highest BCUT2D eigenvalue weighted by Crippen LogP contribution is 2.33. The number of amides is 2. The van der Waals surface area contributed by atoms with E-state index in [-0.39, 0.29) is 13.0 Å². The number of hydrogen-bond donors (Lipinski definition) is 2. The fourth-order valence-electron chi connectivity index (χ4n) is 4.53. The number of benzene rings is 3. The normalized spacial score (nSPS) is 11.2. The molecule has 4 rings (SSSR count). The second-order valence-corrected chi connectivity index (χ2v) is 12.5. The molecule has 0 spiro atoms. The van der Waals surface area contributed by atoms with Crippen LogP contribution in [0.15, 0.2) is 71.3 Å². The summed E-state index contributed by atoms with van der Waals surface area (Å²) in [6.07, 6.45) is 0.496. The van der Waals surface area contributed by atoms with Gasteiger partial charge in [0.15, 0.2) is 0 Å². The predicted molar refractivity (Wildman–Crippen MR) is 182 cm³/mol. The van der Waals surface area contributed by atoms with E-state index >= 15 is 0 Å². The molecule has 0 aliphatic heterocycles. The van der Waals surface area contributed by atoms with E-state index in [1.54, 1.807) is 45.2 Å². The maximum absolute atomic E-state index is 12.3. The molecular weight excluding hydrogens is 600 g/mol. The molecule has 0 radical (unpaired) electrons. The molecule has 4 aromatic rings. The highest BCUT2D eigenvalue weighted by Gasteiger charge is 2.19. The first-order valence-electron chi connectivity index (χ1n) is 15.6. The van der Waals surface area contributed by atoms with Crippen LogP contribution in [0.1, 0.15) is 72.1 Å². The second-order valence-electron chi connectivity index (χ2n) is 12.5. The van der Waals surface area contributed by atoms with Gasteiger partial charge in [0.1, 0.15) is 29.1 Å². The number of rotatable bonds is 9. The predicted octanol–water partition coefficient (Wildman–Crippen LogP) is 8.79. The Balaban J connectivity index is 0.00000294. The summed E-state index contributed by atoms with van der Waals surface area (Å²) < 4.78 is 27.6. The summed E-state index contributed by atoms with van der Waals surface area (Å²) in [5.41, 5.74) is 4.02. The van der Waals surface area contributed by atoms with E-state index in [4.69, 9.17) is 23.4 Å². The quantitative estimate of drug-likeness (QED) is 0.137. The van der Waals surface area contributed by atoms with E-state index in [1.165, 1.54) is 7.11 Å². The van der Waals surface area contributed by atoms with Crippen molar-refractivity contribution < 1.29 is 37.7 Å². The molecule has 2 amide bonds. The Bertz CT molecular complexity index is 1680. The van der Waals surface area contributed by atoms with Gasteiger partial charge in [-0.1, -0.05) is 32.0 Å². The first-order chi connectivity index (χ1) is 22.2. The van der Waals surface area contributed by atoms with Crippen LogP contribution in [0, 0.1) is 0 Å². The number of carbonyl (C=O) groups excluding carboxylic acids is 3. The van der Waals surface area contributed by atoms with Crippen molar-refractivity contribution in [3.63, 3.8) is 0 Å². The molecule has 0 aliphatic rings. The minimum absolute atomic E-state index is 0.0498. The van der Waals surface area contributed by atoms with Gasteiger partial charge in [-0.2, -0.15) is 0 Å². The summed E-state index contributed by atoms with van der Waals surface area (Å²) >= 11 is 0. The molecule has 0 unspecified atom stereocenters. The van der Waals surface area contributed by atoms with E-state index in [0.29, 0.717) is 23.5 Å². The van der Waals surface area contributed by atoms with Crippen LogP contribution in [0.25, 0.3) is 22.1 Å². The summed E-state index contributed by atoms with van der Waals surface area (Å²) in [7, 11) is 1.32. The molecule has 1 heterocycles. The van der Waals surface area contributed by atoms with Crippen molar-refractivity contribution in [3.8, 4) is 16.9 Å². The first-order valence-corrected chi connectivity index (χ1v) is 15.6. The molecule has 1 aromatic heterocycles. The molecular formula is C37H46N2O8.